The highest BCUT2D eigenvalue weighted by Crippen LogP contribution is 2.30. The van der Waals surface area contributed by atoms with Gasteiger partial charge in [0.2, 0.25) is 5.91 Å². The first kappa shape index (κ1) is 25.5. The molecule has 3 aromatic rings. The van der Waals surface area contributed by atoms with Gasteiger partial charge in [-0.25, -0.2) is 4.79 Å². The topological polar surface area (TPSA) is 95.7 Å². The minimum absolute atomic E-state index is 0.0103. The molecule has 0 saturated carbocycles. The molecule has 0 unspecified atom stereocenters. The first-order chi connectivity index (χ1) is 16.6. The van der Waals surface area contributed by atoms with Crippen LogP contribution in [-0.2, 0) is 16.0 Å². The van der Waals surface area contributed by atoms with E-state index in [9.17, 15) is 14.4 Å². The molecule has 3 aromatic carbocycles. The standard InChI is InChI=1S/C28H32N4O3/c1-20-11-10-13-22(17-20)30-27(35)31(28(2,3)4)19-26(34)32(23-14-6-5-7-15-23)24-16-9-8-12-21(24)18-25(29)33/h5-17H,18-19H2,1-4H3,(H2,29,33)(H,30,35). The zero-order valence-corrected chi connectivity index (χ0v) is 20.6. The van der Waals surface area contributed by atoms with E-state index in [2.05, 4.69) is 5.32 Å². The Bertz CT molecular complexity index is 1200. The second-order valence-electron chi connectivity index (χ2n) is 9.39. The van der Waals surface area contributed by atoms with Crippen molar-refractivity contribution in [1.29, 1.82) is 0 Å². The second-order valence-corrected chi connectivity index (χ2v) is 9.39. The predicted octanol–water partition coefficient (Wildman–Crippen LogP) is 5.02. The molecule has 0 heterocycles. The molecule has 0 aliphatic carbocycles. The summed E-state index contributed by atoms with van der Waals surface area (Å²) in [5, 5.41) is 2.91. The Labute approximate surface area is 206 Å². The summed E-state index contributed by atoms with van der Waals surface area (Å²) >= 11 is 0. The summed E-state index contributed by atoms with van der Waals surface area (Å²) < 4.78 is 0. The molecule has 0 saturated heterocycles. The Kier molecular flexibility index (Phi) is 7.91. The maximum atomic E-state index is 13.8. The third-order valence-electron chi connectivity index (χ3n) is 5.48. The third kappa shape index (κ3) is 6.69. The van der Waals surface area contributed by atoms with Gasteiger partial charge < -0.3 is 16.0 Å². The molecule has 182 valence electrons. The molecule has 0 atom stereocenters. The van der Waals surface area contributed by atoms with Crippen molar-refractivity contribution in [3.05, 3.63) is 90.0 Å². The van der Waals surface area contributed by atoms with Gasteiger partial charge in [0.15, 0.2) is 0 Å². The van der Waals surface area contributed by atoms with Crippen LogP contribution < -0.4 is 16.0 Å². The van der Waals surface area contributed by atoms with Gasteiger partial charge in [-0.3, -0.25) is 14.5 Å². The van der Waals surface area contributed by atoms with Crippen LogP contribution in [0.3, 0.4) is 0 Å². The van der Waals surface area contributed by atoms with Crippen molar-refractivity contribution in [3.8, 4) is 0 Å². The van der Waals surface area contributed by atoms with Crippen LogP contribution in [-0.4, -0.2) is 34.8 Å². The van der Waals surface area contributed by atoms with Crippen molar-refractivity contribution in [2.24, 2.45) is 5.73 Å². The number of nitrogens with one attached hydrogen (secondary N) is 1. The van der Waals surface area contributed by atoms with E-state index in [1.807, 2.05) is 82.3 Å². The molecule has 7 nitrogen and oxygen atoms in total. The highest BCUT2D eigenvalue weighted by atomic mass is 16.2. The zero-order chi connectivity index (χ0) is 25.6. The molecule has 0 fully saturated rings. The SMILES string of the molecule is Cc1cccc(NC(=O)N(CC(=O)N(c2ccccc2)c2ccccc2CC(N)=O)C(C)(C)C)c1. The van der Waals surface area contributed by atoms with E-state index in [1.165, 1.54) is 9.80 Å². The Morgan fingerprint density at radius 1 is 0.886 bits per heavy atom. The summed E-state index contributed by atoms with van der Waals surface area (Å²) in [4.78, 5) is 41.9. The van der Waals surface area contributed by atoms with Crippen molar-refractivity contribution in [1.82, 2.24) is 4.90 Å². The fourth-order valence-electron chi connectivity index (χ4n) is 3.79. The summed E-state index contributed by atoms with van der Waals surface area (Å²) in [5.74, 6) is -0.811. The van der Waals surface area contributed by atoms with E-state index in [0.29, 0.717) is 22.6 Å². The van der Waals surface area contributed by atoms with Crippen LogP contribution in [0.15, 0.2) is 78.9 Å². The van der Waals surface area contributed by atoms with Gasteiger partial charge in [0.25, 0.3) is 5.91 Å². The molecular formula is C28H32N4O3. The quantitative estimate of drug-likeness (QED) is 0.505. The lowest BCUT2D eigenvalue weighted by molar-refractivity contribution is -0.119. The van der Waals surface area contributed by atoms with Crippen molar-refractivity contribution in [2.75, 3.05) is 16.8 Å². The van der Waals surface area contributed by atoms with Crippen LogP contribution in [0.4, 0.5) is 21.9 Å². The molecule has 0 aliphatic rings. The molecule has 3 N–H and O–H groups in total. The van der Waals surface area contributed by atoms with Crippen LogP contribution >= 0.6 is 0 Å². The predicted molar refractivity (Wildman–Crippen MR) is 140 cm³/mol. The molecule has 0 radical (unpaired) electrons. The molecule has 35 heavy (non-hydrogen) atoms. The summed E-state index contributed by atoms with van der Waals surface area (Å²) in [7, 11) is 0. The van der Waals surface area contributed by atoms with E-state index in [1.54, 1.807) is 24.3 Å². The third-order valence-corrected chi connectivity index (χ3v) is 5.48. The fraction of sp³-hybridized carbons (Fsp3) is 0.250. The van der Waals surface area contributed by atoms with Gasteiger partial charge in [0.1, 0.15) is 6.54 Å². The maximum absolute atomic E-state index is 13.8. The second kappa shape index (κ2) is 10.9. The molecule has 0 aliphatic heterocycles. The van der Waals surface area contributed by atoms with Crippen molar-refractivity contribution in [3.63, 3.8) is 0 Å². The Hall–Kier alpha value is -4.13. The Balaban J connectivity index is 1.97. The Morgan fingerprint density at radius 3 is 2.17 bits per heavy atom. The molecule has 0 aromatic heterocycles. The van der Waals surface area contributed by atoms with Gasteiger partial charge in [0, 0.05) is 16.9 Å². The highest BCUT2D eigenvalue weighted by Gasteiger charge is 2.32. The van der Waals surface area contributed by atoms with E-state index >= 15 is 0 Å². The number of benzene rings is 3. The monoisotopic (exact) mass is 472 g/mol. The lowest BCUT2D eigenvalue weighted by Crippen LogP contribution is -2.52. The number of nitrogens with two attached hydrogens (primary N) is 1. The van der Waals surface area contributed by atoms with E-state index in [4.69, 9.17) is 5.73 Å². The van der Waals surface area contributed by atoms with Crippen molar-refractivity contribution < 1.29 is 14.4 Å². The summed E-state index contributed by atoms with van der Waals surface area (Å²) in [6.07, 6.45) is -0.0103. The summed E-state index contributed by atoms with van der Waals surface area (Å²) in [6, 6.07) is 23.4. The average Bonchev–Trinajstić information content (AvgIpc) is 2.78. The largest absolute Gasteiger partial charge is 0.369 e. The van der Waals surface area contributed by atoms with Gasteiger partial charge in [-0.1, -0.05) is 48.5 Å². The van der Waals surface area contributed by atoms with Crippen molar-refractivity contribution >= 4 is 34.9 Å². The number of urea groups is 1. The lowest BCUT2D eigenvalue weighted by atomic mass is 10.1. The van der Waals surface area contributed by atoms with Crippen molar-refractivity contribution in [2.45, 2.75) is 39.7 Å². The smallest absolute Gasteiger partial charge is 0.322 e. The van der Waals surface area contributed by atoms with E-state index in [-0.39, 0.29) is 24.9 Å². The first-order valence-corrected chi connectivity index (χ1v) is 11.5. The van der Waals surface area contributed by atoms with Crippen LogP contribution in [0.25, 0.3) is 0 Å². The van der Waals surface area contributed by atoms with Gasteiger partial charge in [-0.2, -0.15) is 0 Å². The lowest BCUT2D eigenvalue weighted by Gasteiger charge is -2.37. The number of para-hydroxylation sites is 2. The number of nitrogens with zero attached hydrogens (tertiary/aromatic N) is 2. The summed E-state index contributed by atoms with van der Waals surface area (Å²) in [5.41, 5.74) is 8.31. The first-order valence-electron chi connectivity index (χ1n) is 11.5. The number of primary amides is 1. The highest BCUT2D eigenvalue weighted by molar-refractivity contribution is 6.04. The number of rotatable bonds is 7. The van der Waals surface area contributed by atoms with Gasteiger partial charge >= 0.3 is 6.03 Å². The number of hydrogen-bond acceptors (Lipinski definition) is 3. The number of amides is 4. The number of anilines is 3. The molecule has 0 spiro atoms. The number of carbonyl (C=O) groups is 3. The average molecular weight is 473 g/mol. The van der Waals surface area contributed by atoms with Gasteiger partial charge in [-0.15, -0.1) is 0 Å². The molecule has 4 amide bonds. The van der Waals surface area contributed by atoms with E-state index in [0.717, 1.165) is 5.56 Å². The number of hydrogen-bond donors (Lipinski definition) is 2. The van der Waals surface area contributed by atoms with Crippen LogP contribution in [0.1, 0.15) is 31.9 Å². The van der Waals surface area contributed by atoms with E-state index < -0.39 is 11.4 Å². The minimum Gasteiger partial charge on any atom is -0.369 e. The Morgan fingerprint density at radius 2 is 1.54 bits per heavy atom. The molecule has 3 rings (SSSR count). The molecular weight excluding hydrogens is 440 g/mol. The molecule has 0 bridgehead atoms. The molecule has 7 heteroatoms. The number of aryl methyl sites for hydroxylation is 1. The van der Waals surface area contributed by atoms with Crippen LogP contribution in [0.5, 0.6) is 0 Å². The zero-order valence-electron chi connectivity index (χ0n) is 20.6. The minimum atomic E-state index is -0.640. The fourth-order valence-corrected chi connectivity index (χ4v) is 3.79. The normalized spacial score (nSPS) is 11.0. The number of carbonyl (C=O) groups excluding carboxylic acids is 3. The maximum Gasteiger partial charge on any atom is 0.322 e. The van der Waals surface area contributed by atoms with Crippen LogP contribution in [0, 0.1) is 6.92 Å². The van der Waals surface area contributed by atoms with Crippen LogP contribution in [0.2, 0.25) is 0 Å². The van der Waals surface area contributed by atoms with Gasteiger partial charge in [-0.05, 0) is 69.2 Å². The summed E-state index contributed by atoms with van der Waals surface area (Å²) in [6.45, 7) is 7.40. The van der Waals surface area contributed by atoms with Gasteiger partial charge in [0.05, 0.1) is 12.1 Å².